The van der Waals surface area contributed by atoms with Gasteiger partial charge in [-0.2, -0.15) is 4.98 Å². The van der Waals surface area contributed by atoms with E-state index in [0.717, 1.165) is 25.5 Å². The molecule has 2 heterocycles. The Labute approximate surface area is 89.6 Å². The quantitative estimate of drug-likeness (QED) is 0.770. The maximum Gasteiger partial charge on any atom is 0.232 e. The number of hydrogen-bond donors (Lipinski definition) is 1. The van der Waals surface area contributed by atoms with E-state index < -0.39 is 0 Å². The standard InChI is InChI=1S/C10H18N4O/c1-10(2,3)9-12-8(13-15-9)6-14-4-7(11)5-14/h7H,4-6,11H2,1-3H3. The van der Waals surface area contributed by atoms with Crippen LogP contribution in [0.3, 0.4) is 0 Å². The van der Waals surface area contributed by atoms with E-state index in [1.54, 1.807) is 0 Å². The summed E-state index contributed by atoms with van der Waals surface area (Å²) in [6.45, 7) is 8.78. The number of aromatic nitrogens is 2. The average molecular weight is 210 g/mol. The largest absolute Gasteiger partial charge is 0.339 e. The zero-order valence-electron chi connectivity index (χ0n) is 9.53. The highest BCUT2D eigenvalue weighted by atomic mass is 16.5. The lowest BCUT2D eigenvalue weighted by Gasteiger charge is -2.35. The summed E-state index contributed by atoms with van der Waals surface area (Å²) in [7, 11) is 0. The summed E-state index contributed by atoms with van der Waals surface area (Å²) in [5, 5.41) is 3.96. The molecule has 0 aromatic carbocycles. The van der Waals surface area contributed by atoms with Gasteiger partial charge in [0.1, 0.15) is 0 Å². The van der Waals surface area contributed by atoms with Crippen LogP contribution in [-0.4, -0.2) is 34.2 Å². The molecule has 84 valence electrons. The fourth-order valence-corrected chi connectivity index (χ4v) is 1.56. The van der Waals surface area contributed by atoms with E-state index in [1.165, 1.54) is 0 Å². The molecule has 2 N–H and O–H groups in total. The first-order chi connectivity index (χ1) is 6.95. The minimum absolute atomic E-state index is 0.0728. The Morgan fingerprint density at radius 2 is 2.13 bits per heavy atom. The summed E-state index contributed by atoms with van der Waals surface area (Å²) in [6, 6.07) is 0.319. The lowest BCUT2D eigenvalue weighted by Crippen LogP contribution is -2.55. The lowest BCUT2D eigenvalue weighted by molar-refractivity contribution is 0.137. The predicted octanol–water partition coefficient (Wildman–Crippen LogP) is 0.510. The molecule has 0 bridgehead atoms. The van der Waals surface area contributed by atoms with Crippen LogP contribution in [0.25, 0.3) is 0 Å². The van der Waals surface area contributed by atoms with Gasteiger partial charge in [0.2, 0.25) is 5.89 Å². The first-order valence-electron chi connectivity index (χ1n) is 5.26. The zero-order valence-corrected chi connectivity index (χ0v) is 9.53. The summed E-state index contributed by atoms with van der Waals surface area (Å²) in [5.41, 5.74) is 5.62. The minimum Gasteiger partial charge on any atom is -0.339 e. The van der Waals surface area contributed by atoms with Crippen molar-refractivity contribution in [2.75, 3.05) is 13.1 Å². The van der Waals surface area contributed by atoms with Crippen molar-refractivity contribution in [2.24, 2.45) is 5.73 Å². The Bertz CT molecular complexity index is 335. The summed E-state index contributed by atoms with van der Waals surface area (Å²) in [5.74, 6) is 1.45. The van der Waals surface area contributed by atoms with Gasteiger partial charge in [0.15, 0.2) is 5.82 Å². The monoisotopic (exact) mass is 210 g/mol. The highest BCUT2D eigenvalue weighted by Crippen LogP contribution is 2.20. The van der Waals surface area contributed by atoms with Crippen molar-refractivity contribution in [3.8, 4) is 0 Å². The lowest BCUT2D eigenvalue weighted by atomic mass is 9.97. The van der Waals surface area contributed by atoms with Crippen LogP contribution in [0.5, 0.6) is 0 Å². The second-order valence-corrected chi connectivity index (χ2v) is 5.22. The second kappa shape index (κ2) is 3.57. The Hall–Kier alpha value is -0.940. The number of nitrogens with two attached hydrogens (primary N) is 1. The Balaban J connectivity index is 1.96. The second-order valence-electron chi connectivity index (χ2n) is 5.22. The van der Waals surface area contributed by atoms with E-state index in [2.05, 4.69) is 35.8 Å². The van der Waals surface area contributed by atoms with Crippen molar-refractivity contribution in [3.05, 3.63) is 11.7 Å². The molecule has 1 saturated heterocycles. The summed E-state index contributed by atoms with van der Waals surface area (Å²) < 4.78 is 5.21. The molecule has 1 aliphatic rings. The molecule has 1 aromatic heterocycles. The molecule has 0 unspecified atom stereocenters. The maximum absolute atomic E-state index is 5.69. The Morgan fingerprint density at radius 1 is 1.47 bits per heavy atom. The maximum atomic E-state index is 5.69. The van der Waals surface area contributed by atoms with Gasteiger partial charge in [-0.25, -0.2) is 0 Å². The van der Waals surface area contributed by atoms with Crippen LogP contribution < -0.4 is 5.73 Å². The van der Waals surface area contributed by atoms with E-state index in [9.17, 15) is 0 Å². The molecule has 0 aliphatic carbocycles. The first-order valence-corrected chi connectivity index (χ1v) is 5.26. The molecule has 0 saturated carbocycles. The fraction of sp³-hybridized carbons (Fsp3) is 0.800. The van der Waals surface area contributed by atoms with Crippen molar-refractivity contribution in [3.63, 3.8) is 0 Å². The van der Waals surface area contributed by atoms with Gasteiger partial charge in [-0.05, 0) is 0 Å². The molecule has 1 fully saturated rings. The molecular formula is C10H18N4O. The SMILES string of the molecule is CC(C)(C)c1nc(CN2CC(N)C2)no1. The molecule has 0 spiro atoms. The third-order valence-corrected chi connectivity index (χ3v) is 2.46. The number of likely N-dealkylation sites (tertiary alicyclic amines) is 1. The summed E-state index contributed by atoms with van der Waals surface area (Å²) in [4.78, 5) is 6.58. The van der Waals surface area contributed by atoms with Gasteiger partial charge in [-0.3, -0.25) is 4.90 Å². The van der Waals surface area contributed by atoms with E-state index in [0.29, 0.717) is 11.9 Å². The highest BCUT2D eigenvalue weighted by molar-refractivity contribution is 4.99. The van der Waals surface area contributed by atoms with Crippen LogP contribution in [0.2, 0.25) is 0 Å². The average Bonchev–Trinajstić information content (AvgIpc) is 2.49. The van der Waals surface area contributed by atoms with Crippen molar-refractivity contribution < 1.29 is 4.52 Å². The third-order valence-electron chi connectivity index (χ3n) is 2.46. The predicted molar refractivity (Wildman–Crippen MR) is 56.3 cm³/mol. The molecule has 15 heavy (non-hydrogen) atoms. The number of rotatable bonds is 2. The van der Waals surface area contributed by atoms with Crippen LogP contribution in [-0.2, 0) is 12.0 Å². The van der Waals surface area contributed by atoms with Crippen molar-refractivity contribution in [2.45, 2.75) is 38.8 Å². The first kappa shape index (κ1) is 10.6. The van der Waals surface area contributed by atoms with E-state index in [4.69, 9.17) is 10.3 Å². The van der Waals surface area contributed by atoms with Crippen LogP contribution in [0.1, 0.15) is 32.5 Å². The van der Waals surface area contributed by atoms with Gasteiger partial charge in [-0.15, -0.1) is 0 Å². The fourth-order valence-electron chi connectivity index (χ4n) is 1.56. The zero-order chi connectivity index (χ0) is 11.1. The van der Waals surface area contributed by atoms with Crippen LogP contribution >= 0.6 is 0 Å². The number of hydrogen-bond acceptors (Lipinski definition) is 5. The van der Waals surface area contributed by atoms with Gasteiger partial charge in [0, 0.05) is 24.5 Å². The molecule has 1 aliphatic heterocycles. The Morgan fingerprint density at radius 3 is 2.60 bits per heavy atom. The van der Waals surface area contributed by atoms with Gasteiger partial charge in [-0.1, -0.05) is 25.9 Å². The smallest absolute Gasteiger partial charge is 0.232 e. The van der Waals surface area contributed by atoms with E-state index in [-0.39, 0.29) is 5.41 Å². The third kappa shape index (κ3) is 2.35. The highest BCUT2D eigenvalue weighted by Gasteiger charge is 2.26. The van der Waals surface area contributed by atoms with Crippen LogP contribution in [0, 0.1) is 0 Å². The molecular weight excluding hydrogens is 192 g/mol. The summed E-state index contributed by atoms with van der Waals surface area (Å²) >= 11 is 0. The van der Waals surface area contributed by atoms with Gasteiger partial charge in [0.05, 0.1) is 6.54 Å². The van der Waals surface area contributed by atoms with Crippen LogP contribution in [0.4, 0.5) is 0 Å². The van der Waals surface area contributed by atoms with Crippen molar-refractivity contribution in [1.82, 2.24) is 15.0 Å². The van der Waals surface area contributed by atoms with E-state index in [1.807, 2.05) is 0 Å². The van der Waals surface area contributed by atoms with Gasteiger partial charge < -0.3 is 10.3 Å². The van der Waals surface area contributed by atoms with Crippen LogP contribution in [0.15, 0.2) is 4.52 Å². The molecule has 0 amide bonds. The normalized spacial score (nSPS) is 19.2. The summed E-state index contributed by atoms with van der Waals surface area (Å²) in [6.07, 6.45) is 0. The van der Waals surface area contributed by atoms with E-state index >= 15 is 0 Å². The molecule has 2 rings (SSSR count). The molecule has 1 aromatic rings. The molecule has 5 heteroatoms. The Kier molecular flexibility index (Phi) is 2.52. The number of nitrogens with zero attached hydrogens (tertiary/aromatic N) is 3. The topological polar surface area (TPSA) is 68.2 Å². The van der Waals surface area contributed by atoms with Gasteiger partial charge in [0.25, 0.3) is 0 Å². The van der Waals surface area contributed by atoms with Crippen molar-refractivity contribution >= 4 is 0 Å². The molecule has 0 radical (unpaired) electrons. The van der Waals surface area contributed by atoms with Crippen molar-refractivity contribution in [1.29, 1.82) is 0 Å². The molecule has 0 atom stereocenters. The molecule has 5 nitrogen and oxygen atoms in total. The van der Waals surface area contributed by atoms with Gasteiger partial charge >= 0.3 is 0 Å². The minimum atomic E-state index is -0.0728.